The molecule has 1 fully saturated rings. The molecule has 1 atom stereocenters. The molecule has 1 amide bonds. The van der Waals surface area contributed by atoms with Crippen molar-refractivity contribution in [3.05, 3.63) is 18.0 Å². The summed E-state index contributed by atoms with van der Waals surface area (Å²) in [6, 6.07) is 3.46. The minimum absolute atomic E-state index is 0.0345. The van der Waals surface area contributed by atoms with E-state index in [1.807, 2.05) is 13.0 Å². The van der Waals surface area contributed by atoms with E-state index in [1.54, 1.807) is 17.7 Å². The van der Waals surface area contributed by atoms with Crippen molar-refractivity contribution in [1.82, 2.24) is 19.9 Å². The predicted octanol–water partition coefficient (Wildman–Crippen LogP) is 2.02. The number of carbonyl (C=O) groups excluding carboxylic acids is 1. The summed E-state index contributed by atoms with van der Waals surface area (Å²) < 4.78 is 6.93. The molecule has 0 bridgehead atoms. The first-order valence-corrected chi connectivity index (χ1v) is 7.45. The molecule has 2 aromatic rings. The van der Waals surface area contributed by atoms with Gasteiger partial charge in [-0.25, -0.2) is 4.98 Å². The Hall–Kier alpha value is -1.82. The van der Waals surface area contributed by atoms with Gasteiger partial charge in [0.05, 0.1) is 13.0 Å². The molecule has 3 rings (SSSR count). The number of amides is 1. The molecule has 0 spiro atoms. The number of nitrogens with one attached hydrogen (secondary N) is 1. The van der Waals surface area contributed by atoms with E-state index in [9.17, 15) is 4.79 Å². The van der Waals surface area contributed by atoms with Gasteiger partial charge in [-0.05, 0) is 25.8 Å². The van der Waals surface area contributed by atoms with Crippen LogP contribution in [0.1, 0.15) is 31.6 Å². The number of aromatic nitrogens is 3. The van der Waals surface area contributed by atoms with Crippen LogP contribution in [0.3, 0.4) is 0 Å². The molecule has 0 saturated heterocycles. The second-order valence-electron chi connectivity index (χ2n) is 5.19. The van der Waals surface area contributed by atoms with Gasteiger partial charge in [0.25, 0.3) is 0 Å². The van der Waals surface area contributed by atoms with E-state index in [1.165, 1.54) is 0 Å². The first kappa shape index (κ1) is 14.1. The Morgan fingerprint density at radius 3 is 2.90 bits per heavy atom. The van der Waals surface area contributed by atoms with E-state index in [2.05, 4.69) is 15.3 Å². The SMILES string of the molecule is COc1ccc2nc(CCl)n(C(C)C(=O)NC3CC3)c2n1. The molecule has 0 radical (unpaired) electrons. The summed E-state index contributed by atoms with van der Waals surface area (Å²) in [7, 11) is 1.56. The zero-order valence-electron chi connectivity index (χ0n) is 12.0. The molecule has 0 aromatic carbocycles. The number of methoxy groups -OCH3 is 1. The average molecular weight is 309 g/mol. The van der Waals surface area contributed by atoms with Crippen LogP contribution in [-0.2, 0) is 10.7 Å². The van der Waals surface area contributed by atoms with Gasteiger partial charge in [0.15, 0.2) is 5.65 Å². The minimum atomic E-state index is -0.413. The molecular weight excluding hydrogens is 292 g/mol. The van der Waals surface area contributed by atoms with E-state index in [0.717, 1.165) is 12.8 Å². The number of alkyl halides is 1. The largest absolute Gasteiger partial charge is 0.481 e. The first-order chi connectivity index (χ1) is 10.1. The molecule has 2 heterocycles. The molecular formula is C14H17ClN4O2. The molecule has 1 aliphatic carbocycles. The smallest absolute Gasteiger partial charge is 0.243 e. The summed E-state index contributed by atoms with van der Waals surface area (Å²) in [6.07, 6.45) is 2.11. The topological polar surface area (TPSA) is 69.0 Å². The van der Waals surface area contributed by atoms with Gasteiger partial charge in [0, 0.05) is 12.1 Å². The molecule has 1 N–H and O–H groups in total. The van der Waals surface area contributed by atoms with E-state index in [-0.39, 0.29) is 11.8 Å². The van der Waals surface area contributed by atoms with Crippen molar-refractivity contribution < 1.29 is 9.53 Å². The molecule has 2 aromatic heterocycles. The lowest BCUT2D eigenvalue weighted by atomic mass is 10.3. The van der Waals surface area contributed by atoms with Crippen molar-refractivity contribution >= 4 is 28.7 Å². The zero-order chi connectivity index (χ0) is 15.0. The van der Waals surface area contributed by atoms with Gasteiger partial charge < -0.3 is 10.1 Å². The van der Waals surface area contributed by atoms with Crippen molar-refractivity contribution in [2.75, 3.05) is 7.11 Å². The molecule has 7 heteroatoms. The fraction of sp³-hybridized carbons (Fsp3) is 0.500. The summed E-state index contributed by atoms with van der Waals surface area (Å²) in [5.74, 6) is 1.30. The summed E-state index contributed by atoms with van der Waals surface area (Å²) in [5, 5.41) is 3.00. The third-order valence-corrected chi connectivity index (χ3v) is 3.84. The summed E-state index contributed by atoms with van der Waals surface area (Å²) >= 11 is 5.97. The Morgan fingerprint density at radius 1 is 1.52 bits per heavy atom. The second-order valence-corrected chi connectivity index (χ2v) is 5.45. The number of pyridine rings is 1. The lowest BCUT2D eigenvalue weighted by Gasteiger charge is -2.16. The number of nitrogens with zero attached hydrogens (tertiary/aromatic N) is 3. The second kappa shape index (κ2) is 5.52. The maximum Gasteiger partial charge on any atom is 0.243 e. The van der Waals surface area contributed by atoms with Gasteiger partial charge in [0.1, 0.15) is 17.4 Å². The van der Waals surface area contributed by atoms with Gasteiger partial charge in [-0.15, -0.1) is 11.6 Å². The Morgan fingerprint density at radius 2 is 2.29 bits per heavy atom. The third-order valence-electron chi connectivity index (χ3n) is 3.60. The Labute approximate surface area is 127 Å². The Kier molecular flexibility index (Phi) is 3.71. The fourth-order valence-corrected chi connectivity index (χ4v) is 2.47. The highest BCUT2D eigenvalue weighted by Crippen LogP contribution is 2.25. The molecule has 1 unspecified atom stereocenters. The van der Waals surface area contributed by atoms with Crippen LogP contribution in [-0.4, -0.2) is 33.6 Å². The molecule has 112 valence electrons. The van der Waals surface area contributed by atoms with Gasteiger partial charge in [0.2, 0.25) is 11.8 Å². The number of hydrogen-bond donors (Lipinski definition) is 1. The van der Waals surface area contributed by atoms with Crippen molar-refractivity contribution in [3.8, 4) is 5.88 Å². The standard InChI is InChI=1S/C14H17ClN4O2/c1-8(14(20)16-9-3-4-9)19-11(7-15)17-10-5-6-12(21-2)18-13(10)19/h5-6,8-9H,3-4,7H2,1-2H3,(H,16,20). The number of hydrogen-bond acceptors (Lipinski definition) is 4. The van der Waals surface area contributed by atoms with Crippen LogP contribution in [0.15, 0.2) is 12.1 Å². The molecule has 6 nitrogen and oxygen atoms in total. The van der Waals surface area contributed by atoms with E-state index >= 15 is 0 Å². The van der Waals surface area contributed by atoms with E-state index < -0.39 is 6.04 Å². The van der Waals surface area contributed by atoms with Crippen molar-refractivity contribution in [2.24, 2.45) is 0 Å². The summed E-state index contributed by atoms with van der Waals surface area (Å²) in [5.41, 5.74) is 1.32. The van der Waals surface area contributed by atoms with Crippen LogP contribution < -0.4 is 10.1 Å². The van der Waals surface area contributed by atoms with E-state index in [0.29, 0.717) is 28.9 Å². The highest BCUT2D eigenvalue weighted by Gasteiger charge is 2.28. The Balaban J connectivity index is 2.02. The normalized spacial score (nSPS) is 16.0. The van der Waals surface area contributed by atoms with Crippen LogP contribution in [0.4, 0.5) is 0 Å². The average Bonchev–Trinajstić information content (AvgIpc) is 3.23. The lowest BCUT2D eigenvalue weighted by molar-refractivity contribution is -0.124. The number of rotatable bonds is 5. The molecule has 1 aliphatic rings. The zero-order valence-corrected chi connectivity index (χ0v) is 12.7. The molecule has 0 aliphatic heterocycles. The van der Waals surface area contributed by atoms with Crippen molar-refractivity contribution in [2.45, 2.75) is 37.7 Å². The van der Waals surface area contributed by atoms with Crippen molar-refractivity contribution in [1.29, 1.82) is 0 Å². The van der Waals surface area contributed by atoms with Gasteiger partial charge in [-0.2, -0.15) is 4.98 Å². The fourth-order valence-electron chi connectivity index (χ4n) is 2.28. The lowest BCUT2D eigenvalue weighted by Crippen LogP contribution is -2.33. The van der Waals surface area contributed by atoms with Gasteiger partial charge in [-0.1, -0.05) is 0 Å². The third kappa shape index (κ3) is 2.68. The number of ether oxygens (including phenoxy) is 1. The van der Waals surface area contributed by atoms with Gasteiger partial charge in [-0.3, -0.25) is 9.36 Å². The van der Waals surface area contributed by atoms with E-state index in [4.69, 9.17) is 16.3 Å². The monoisotopic (exact) mass is 308 g/mol. The minimum Gasteiger partial charge on any atom is -0.481 e. The summed E-state index contributed by atoms with van der Waals surface area (Å²) in [6.45, 7) is 1.83. The quantitative estimate of drug-likeness (QED) is 0.858. The number of imidazole rings is 1. The number of halogens is 1. The molecule has 21 heavy (non-hydrogen) atoms. The van der Waals surface area contributed by atoms with Crippen LogP contribution in [0.5, 0.6) is 5.88 Å². The highest BCUT2D eigenvalue weighted by atomic mass is 35.5. The van der Waals surface area contributed by atoms with Crippen LogP contribution in [0.25, 0.3) is 11.2 Å². The van der Waals surface area contributed by atoms with Gasteiger partial charge >= 0.3 is 0 Å². The van der Waals surface area contributed by atoms with Crippen LogP contribution in [0, 0.1) is 0 Å². The predicted molar refractivity (Wildman–Crippen MR) is 79.5 cm³/mol. The highest BCUT2D eigenvalue weighted by molar-refractivity contribution is 6.16. The number of fused-ring (bicyclic) bond motifs is 1. The van der Waals surface area contributed by atoms with Crippen LogP contribution >= 0.6 is 11.6 Å². The molecule has 1 saturated carbocycles. The maximum atomic E-state index is 12.3. The number of carbonyl (C=O) groups is 1. The maximum absolute atomic E-state index is 12.3. The first-order valence-electron chi connectivity index (χ1n) is 6.92. The van der Waals surface area contributed by atoms with Crippen molar-refractivity contribution in [3.63, 3.8) is 0 Å². The Bertz CT molecular complexity index is 681. The van der Waals surface area contributed by atoms with Crippen LogP contribution in [0.2, 0.25) is 0 Å². The summed E-state index contributed by atoms with van der Waals surface area (Å²) in [4.78, 5) is 21.1.